The van der Waals surface area contributed by atoms with Crippen molar-refractivity contribution in [3.05, 3.63) is 29.8 Å². The molecule has 0 amide bonds. The minimum absolute atomic E-state index is 0.455. The van der Waals surface area contributed by atoms with Crippen molar-refractivity contribution in [3.8, 4) is 0 Å². The molecule has 3 rings (SSSR count). The second kappa shape index (κ2) is 4.01. The summed E-state index contributed by atoms with van der Waals surface area (Å²) < 4.78 is 8.89. The molecular formula is C13H13N2PS. The van der Waals surface area contributed by atoms with Crippen molar-refractivity contribution in [3.63, 3.8) is 0 Å². The Morgan fingerprint density at radius 1 is 1.06 bits per heavy atom. The minimum Gasteiger partial charge on any atom is -0.173 e. The average Bonchev–Trinajstić information content (AvgIpc) is 2.78. The molecule has 0 saturated heterocycles. The summed E-state index contributed by atoms with van der Waals surface area (Å²) in [5.74, 6) is 0.455. The van der Waals surface area contributed by atoms with Crippen LogP contribution in [0, 0.1) is 0 Å². The molecule has 0 spiro atoms. The Kier molecular flexibility index (Phi) is 2.61. The summed E-state index contributed by atoms with van der Waals surface area (Å²) in [6, 6.07) is 8.49. The van der Waals surface area contributed by atoms with Crippen LogP contribution in [0.2, 0.25) is 0 Å². The predicted molar refractivity (Wildman–Crippen MR) is 78.4 cm³/mol. The molecule has 0 saturated carbocycles. The molecule has 1 atom stereocenters. The Bertz CT molecular complexity index is 703. The summed E-state index contributed by atoms with van der Waals surface area (Å²) in [4.78, 5) is 0. The van der Waals surface area contributed by atoms with Crippen LogP contribution in [-0.4, -0.2) is 8.75 Å². The third-order valence-electron chi connectivity index (χ3n) is 3.08. The van der Waals surface area contributed by atoms with Gasteiger partial charge in [0.1, 0.15) is 11.0 Å². The van der Waals surface area contributed by atoms with E-state index >= 15 is 0 Å². The minimum atomic E-state index is 0.455. The fraction of sp³-hybridized carbons (Fsp3) is 0.231. The highest BCUT2D eigenvalue weighted by molar-refractivity contribution is 7.29. The van der Waals surface area contributed by atoms with E-state index in [1.807, 2.05) is 0 Å². The number of hydrogen-bond donors (Lipinski definition) is 0. The van der Waals surface area contributed by atoms with Gasteiger partial charge in [-0.2, -0.15) is 8.75 Å². The fourth-order valence-corrected chi connectivity index (χ4v) is 3.45. The maximum atomic E-state index is 4.47. The first-order valence-electron chi connectivity index (χ1n) is 5.62. The summed E-state index contributed by atoms with van der Waals surface area (Å²) in [5, 5.41) is 3.72. The zero-order valence-electron chi connectivity index (χ0n) is 9.77. The predicted octanol–water partition coefficient (Wildman–Crippen LogP) is 3.47. The molecule has 1 aromatic heterocycles. The molecule has 0 N–H and O–H groups in total. The molecule has 86 valence electrons. The maximum absolute atomic E-state index is 4.47. The fourth-order valence-electron chi connectivity index (χ4n) is 2.33. The van der Waals surface area contributed by atoms with Crippen LogP contribution in [0.4, 0.5) is 0 Å². The van der Waals surface area contributed by atoms with E-state index in [-0.39, 0.29) is 0 Å². The van der Waals surface area contributed by atoms with Crippen molar-refractivity contribution in [1.82, 2.24) is 8.75 Å². The smallest absolute Gasteiger partial charge is 0.112 e. The Morgan fingerprint density at radius 3 is 2.41 bits per heavy atom. The first-order chi connectivity index (χ1) is 8.20. The van der Waals surface area contributed by atoms with Gasteiger partial charge in [-0.3, -0.25) is 0 Å². The summed E-state index contributed by atoms with van der Waals surface area (Å²) in [6.45, 7) is 4.42. The van der Waals surface area contributed by atoms with Gasteiger partial charge in [0, 0.05) is 5.30 Å². The van der Waals surface area contributed by atoms with E-state index in [9.17, 15) is 0 Å². The molecule has 4 heteroatoms. The van der Waals surface area contributed by atoms with Crippen LogP contribution in [0.1, 0.15) is 25.3 Å². The van der Waals surface area contributed by atoms with Crippen molar-refractivity contribution in [2.75, 3.05) is 0 Å². The van der Waals surface area contributed by atoms with Crippen LogP contribution in [0.25, 0.3) is 21.8 Å². The van der Waals surface area contributed by atoms with E-state index in [2.05, 4.69) is 56.1 Å². The highest BCUT2D eigenvalue weighted by atomic mass is 32.1. The number of nitrogens with zero attached hydrogens (tertiary/aromatic N) is 2. The molecule has 17 heavy (non-hydrogen) atoms. The lowest BCUT2D eigenvalue weighted by molar-refractivity contribution is 0.883. The molecule has 0 fully saturated rings. The normalized spacial score (nSPS) is 11.8. The number of aromatic nitrogens is 2. The van der Waals surface area contributed by atoms with E-state index in [0.29, 0.717) is 5.92 Å². The standard InChI is InChI=1S/C13H13N2PS/c1-7(2)10-8-5-3-4-6-9(8)13(16)12-11(10)14-17-15-12/h3-7H,16H2,1-2H3. The van der Waals surface area contributed by atoms with Gasteiger partial charge in [-0.25, -0.2) is 0 Å². The second-order valence-electron chi connectivity index (χ2n) is 4.49. The molecule has 2 nitrogen and oxygen atoms in total. The lowest BCUT2D eigenvalue weighted by atomic mass is 9.94. The van der Waals surface area contributed by atoms with Crippen molar-refractivity contribution < 1.29 is 0 Å². The van der Waals surface area contributed by atoms with Gasteiger partial charge in [0.25, 0.3) is 0 Å². The number of hydrogen-bond acceptors (Lipinski definition) is 3. The Labute approximate surface area is 107 Å². The number of rotatable bonds is 1. The largest absolute Gasteiger partial charge is 0.173 e. The Morgan fingerprint density at radius 2 is 1.71 bits per heavy atom. The maximum Gasteiger partial charge on any atom is 0.112 e. The van der Waals surface area contributed by atoms with Crippen LogP contribution in [-0.2, 0) is 0 Å². The molecule has 0 radical (unpaired) electrons. The summed E-state index contributed by atoms with van der Waals surface area (Å²) in [5.41, 5.74) is 3.41. The van der Waals surface area contributed by atoms with Gasteiger partial charge in [-0.15, -0.1) is 9.24 Å². The van der Waals surface area contributed by atoms with E-state index in [1.165, 1.54) is 28.1 Å². The van der Waals surface area contributed by atoms with Gasteiger partial charge in [-0.05, 0) is 22.3 Å². The first-order valence-corrected chi connectivity index (χ1v) is 6.93. The molecule has 3 aromatic rings. The lowest BCUT2D eigenvalue weighted by Gasteiger charge is -2.12. The average molecular weight is 260 g/mol. The molecule has 0 aliphatic rings. The number of benzene rings is 2. The van der Waals surface area contributed by atoms with Gasteiger partial charge < -0.3 is 0 Å². The molecule has 0 aliphatic carbocycles. The van der Waals surface area contributed by atoms with Crippen LogP contribution >= 0.6 is 21.0 Å². The van der Waals surface area contributed by atoms with Crippen LogP contribution in [0.3, 0.4) is 0 Å². The molecule has 1 unspecified atom stereocenters. The van der Waals surface area contributed by atoms with Crippen LogP contribution in [0.15, 0.2) is 24.3 Å². The van der Waals surface area contributed by atoms with Crippen molar-refractivity contribution in [1.29, 1.82) is 0 Å². The lowest BCUT2D eigenvalue weighted by Crippen LogP contribution is -2.02. The van der Waals surface area contributed by atoms with Crippen LogP contribution < -0.4 is 5.30 Å². The summed E-state index contributed by atoms with van der Waals surface area (Å²) in [7, 11) is 2.81. The van der Waals surface area contributed by atoms with Crippen LogP contribution in [0.5, 0.6) is 0 Å². The summed E-state index contributed by atoms with van der Waals surface area (Å²) >= 11 is 1.30. The molecule has 1 heterocycles. The summed E-state index contributed by atoms with van der Waals surface area (Å²) in [6.07, 6.45) is 0. The van der Waals surface area contributed by atoms with Gasteiger partial charge in [0.15, 0.2) is 0 Å². The van der Waals surface area contributed by atoms with E-state index in [4.69, 9.17) is 0 Å². The third kappa shape index (κ3) is 1.57. The third-order valence-corrected chi connectivity index (χ3v) is 4.20. The zero-order chi connectivity index (χ0) is 12.0. The molecule has 0 aliphatic heterocycles. The van der Waals surface area contributed by atoms with Gasteiger partial charge in [-0.1, -0.05) is 38.1 Å². The van der Waals surface area contributed by atoms with E-state index < -0.39 is 0 Å². The van der Waals surface area contributed by atoms with Gasteiger partial charge in [0.05, 0.1) is 11.7 Å². The Hall–Kier alpha value is -1.05. The highest BCUT2D eigenvalue weighted by Gasteiger charge is 2.16. The molecular weight excluding hydrogens is 247 g/mol. The monoisotopic (exact) mass is 260 g/mol. The second-order valence-corrected chi connectivity index (χ2v) is 5.59. The van der Waals surface area contributed by atoms with E-state index in [1.54, 1.807) is 0 Å². The van der Waals surface area contributed by atoms with Gasteiger partial charge >= 0.3 is 0 Å². The van der Waals surface area contributed by atoms with Crippen molar-refractivity contribution in [2.24, 2.45) is 0 Å². The Balaban J connectivity index is 2.62. The van der Waals surface area contributed by atoms with Crippen molar-refractivity contribution >= 4 is 48.1 Å². The first kappa shape index (κ1) is 11.1. The molecule has 2 aromatic carbocycles. The highest BCUT2D eigenvalue weighted by Crippen LogP contribution is 2.32. The topological polar surface area (TPSA) is 25.8 Å². The van der Waals surface area contributed by atoms with E-state index in [0.717, 1.165) is 16.3 Å². The number of fused-ring (bicyclic) bond motifs is 2. The SMILES string of the molecule is CC(C)c1c2ccccc2c(P)c2nsnc12. The van der Waals surface area contributed by atoms with Crippen molar-refractivity contribution in [2.45, 2.75) is 19.8 Å². The molecule has 0 bridgehead atoms. The van der Waals surface area contributed by atoms with Gasteiger partial charge in [0.2, 0.25) is 0 Å². The zero-order valence-corrected chi connectivity index (χ0v) is 11.7. The quantitative estimate of drug-likeness (QED) is 0.626.